The molecule has 0 aromatic heterocycles. The Morgan fingerprint density at radius 1 is 1.17 bits per heavy atom. The predicted molar refractivity (Wildman–Crippen MR) is 98.2 cm³/mol. The normalized spacial score (nSPS) is 12.2. The van der Waals surface area contributed by atoms with E-state index in [1.807, 2.05) is 31.2 Å². The topological polar surface area (TPSA) is 81.6 Å². The first kappa shape index (κ1) is 18.4. The monoisotopic (exact) mass is 363 g/mol. The molecule has 2 rings (SSSR count). The Morgan fingerprint density at radius 2 is 1.83 bits per heavy atom. The Morgan fingerprint density at radius 3 is 2.50 bits per heavy atom. The number of hydrogen-bond donors (Lipinski definition) is 1. The number of para-hydroxylation sites is 1. The van der Waals surface area contributed by atoms with Gasteiger partial charge in [-0.3, -0.25) is 9.71 Å². The minimum Gasteiger partial charge on any atom is -0.858 e. The molecule has 0 atom stereocenters. The maximum absolute atomic E-state index is 12.2. The molecule has 0 fully saturated rings. The lowest BCUT2D eigenvalue weighted by Crippen LogP contribution is -2.22. The zero-order valence-electron chi connectivity index (χ0n) is 13.5. The lowest BCUT2D eigenvalue weighted by molar-refractivity contribution is -0.213. The molecule has 2 aromatic rings. The number of sulfonamides is 1. The molecular formula is C17H19N2O3S2-. The van der Waals surface area contributed by atoms with Crippen LogP contribution in [0.3, 0.4) is 0 Å². The van der Waals surface area contributed by atoms with Crippen LogP contribution in [0.25, 0.3) is 0 Å². The zero-order chi connectivity index (χ0) is 17.6. The summed E-state index contributed by atoms with van der Waals surface area (Å²) in [7, 11) is -3.45. The summed E-state index contributed by atoms with van der Waals surface area (Å²) in [5.74, 6) is 0.252. The molecule has 7 heteroatoms. The molecule has 0 unspecified atom stereocenters. The highest BCUT2D eigenvalue weighted by Crippen LogP contribution is 2.19. The van der Waals surface area contributed by atoms with Crippen LogP contribution in [0.5, 0.6) is 0 Å². The molecule has 2 aromatic carbocycles. The number of nitrogens with one attached hydrogen (secondary N) is 1. The highest BCUT2D eigenvalue weighted by atomic mass is 32.2. The predicted octanol–water partition coefficient (Wildman–Crippen LogP) is 2.27. The number of anilines is 1. The summed E-state index contributed by atoms with van der Waals surface area (Å²) in [4.78, 5) is 5.15. The van der Waals surface area contributed by atoms with Crippen LogP contribution in [-0.4, -0.2) is 32.9 Å². The van der Waals surface area contributed by atoms with Crippen LogP contribution in [0.15, 0.2) is 58.4 Å². The van der Waals surface area contributed by atoms with E-state index in [2.05, 4.69) is 9.71 Å². The summed E-state index contributed by atoms with van der Waals surface area (Å²) in [6, 6.07) is 14.6. The van der Waals surface area contributed by atoms with Gasteiger partial charge in [-0.2, -0.15) is 0 Å². The molecule has 0 radical (unpaired) electrons. The highest BCUT2D eigenvalue weighted by molar-refractivity contribution is 7.99. The molecule has 0 spiro atoms. The van der Waals surface area contributed by atoms with E-state index >= 15 is 0 Å². The number of nitrogens with zero attached hydrogens (tertiary/aromatic N) is 1. The van der Waals surface area contributed by atoms with E-state index in [4.69, 9.17) is 0 Å². The first-order valence-electron chi connectivity index (χ1n) is 7.33. The maximum atomic E-state index is 12.2. The van der Waals surface area contributed by atoms with Crippen LogP contribution < -0.4 is 9.83 Å². The Hall–Kier alpha value is -1.99. The van der Waals surface area contributed by atoms with Crippen LogP contribution in [0, 0.1) is 6.92 Å². The van der Waals surface area contributed by atoms with Crippen LogP contribution in [0.1, 0.15) is 11.1 Å². The third kappa shape index (κ3) is 5.90. The van der Waals surface area contributed by atoms with Gasteiger partial charge in [0, 0.05) is 22.8 Å². The number of thioether (sulfide) groups is 1. The standard InChI is InChI=1S/C17H20N2O3S2/c1-13-7-9-14(10-8-13)23-12-11-18-17(20)15-5-3-4-6-16(15)19-24(2,21)22/h3-10,19H,11-12H2,1-2H3,(H,18,20)/p-1. The minimum atomic E-state index is -3.45. The van der Waals surface area contributed by atoms with Crippen molar-refractivity contribution in [1.29, 1.82) is 0 Å². The number of rotatable bonds is 7. The Labute approximate surface area is 146 Å². The molecule has 0 aliphatic carbocycles. The van der Waals surface area contributed by atoms with Gasteiger partial charge >= 0.3 is 0 Å². The summed E-state index contributed by atoms with van der Waals surface area (Å²) in [6.45, 7) is 2.40. The number of hydrogen-bond acceptors (Lipinski definition) is 5. The van der Waals surface area contributed by atoms with Crippen molar-refractivity contribution in [1.82, 2.24) is 0 Å². The zero-order valence-corrected chi connectivity index (χ0v) is 15.2. The smallest absolute Gasteiger partial charge is 0.229 e. The molecule has 0 heterocycles. The summed E-state index contributed by atoms with van der Waals surface area (Å²) in [5.41, 5.74) is 1.71. The van der Waals surface area contributed by atoms with E-state index in [0.29, 0.717) is 12.3 Å². The molecule has 0 amide bonds. The van der Waals surface area contributed by atoms with Crippen molar-refractivity contribution in [2.75, 3.05) is 23.3 Å². The summed E-state index contributed by atoms with van der Waals surface area (Å²) in [5, 5.41) is 12.2. The fourth-order valence-corrected chi connectivity index (χ4v) is 3.31. The molecule has 0 bridgehead atoms. The molecule has 128 valence electrons. The van der Waals surface area contributed by atoms with Gasteiger partial charge in [-0.1, -0.05) is 35.9 Å². The Bertz CT molecular complexity index is 816. The van der Waals surface area contributed by atoms with Gasteiger partial charge in [-0.15, -0.1) is 11.8 Å². The van der Waals surface area contributed by atoms with Gasteiger partial charge in [0.1, 0.15) is 0 Å². The Balaban J connectivity index is 1.99. The second-order valence-corrected chi connectivity index (χ2v) is 8.18. The summed E-state index contributed by atoms with van der Waals surface area (Å²) < 4.78 is 25.1. The average molecular weight is 363 g/mol. The van der Waals surface area contributed by atoms with E-state index in [1.54, 1.807) is 36.0 Å². The van der Waals surface area contributed by atoms with Crippen molar-refractivity contribution in [2.45, 2.75) is 11.8 Å². The number of benzene rings is 2. The first-order chi connectivity index (χ1) is 11.3. The van der Waals surface area contributed by atoms with Gasteiger partial charge in [0.15, 0.2) is 0 Å². The second-order valence-electron chi connectivity index (χ2n) is 5.27. The molecule has 0 saturated carbocycles. The third-order valence-electron chi connectivity index (χ3n) is 3.09. The van der Waals surface area contributed by atoms with E-state index in [0.717, 1.165) is 11.2 Å². The van der Waals surface area contributed by atoms with Gasteiger partial charge in [0.05, 0.1) is 11.9 Å². The highest BCUT2D eigenvalue weighted by Gasteiger charge is 2.06. The van der Waals surface area contributed by atoms with Crippen LogP contribution >= 0.6 is 11.8 Å². The minimum absolute atomic E-state index is 0.250. The average Bonchev–Trinajstić information content (AvgIpc) is 2.52. The molecule has 24 heavy (non-hydrogen) atoms. The van der Waals surface area contributed by atoms with Crippen molar-refractivity contribution in [3.05, 3.63) is 59.7 Å². The molecular weight excluding hydrogens is 344 g/mol. The third-order valence-corrected chi connectivity index (χ3v) is 4.67. The van der Waals surface area contributed by atoms with E-state index in [1.165, 1.54) is 5.56 Å². The molecule has 0 aliphatic heterocycles. The Kier molecular flexibility index (Phi) is 6.28. The van der Waals surface area contributed by atoms with E-state index in [-0.39, 0.29) is 11.3 Å². The molecule has 1 N–H and O–H groups in total. The van der Waals surface area contributed by atoms with Crippen molar-refractivity contribution in [3.63, 3.8) is 0 Å². The lowest BCUT2D eigenvalue weighted by atomic mass is 10.2. The quantitative estimate of drug-likeness (QED) is 0.354. The second kappa shape index (κ2) is 8.21. The van der Waals surface area contributed by atoms with E-state index in [9.17, 15) is 13.5 Å². The fraction of sp³-hybridized carbons (Fsp3) is 0.235. The first-order valence-corrected chi connectivity index (χ1v) is 10.2. The van der Waals surface area contributed by atoms with Crippen molar-refractivity contribution >= 4 is 33.4 Å². The molecule has 0 aliphatic rings. The maximum Gasteiger partial charge on any atom is 0.229 e. The van der Waals surface area contributed by atoms with Crippen LogP contribution in [0.2, 0.25) is 0 Å². The van der Waals surface area contributed by atoms with Crippen molar-refractivity contribution in [3.8, 4) is 0 Å². The van der Waals surface area contributed by atoms with Crippen molar-refractivity contribution in [2.24, 2.45) is 4.99 Å². The van der Waals surface area contributed by atoms with E-state index < -0.39 is 15.9 Å². The van der Waals surface area contributed by atoms with Crippen molar-refractivity contribution < 1.29 is 13.5 Å². The summed E-state index contributed by atoms with van der Waals surface area (Å²) in [6.07, 6.45) is 1.05. The molecule has 5 nitrogen and oxygen atoms in total. The lowest BCUT2D eigenvalue weighted by Gasteiger charge is -2.16. The number of aliphatic imine (C=N–C) groups is 1. The largest absolute Gasteiger partial charge is 0.858 e. The SMILES string of the molecule is Cc1ccc(SCCN=C([O-])c2ccccc2NS(C)(=O)=O)cc1. The van der Waals surface area contributed by atoms with Gasteiger partial charge < -0.3 is 5.11 Å². The molecule has 0 saturated heterocycles. The number of aryl methyl sites for hydroxylation is 1. The van der Waals surface area contributed by atoms with Gasteiger partial charge in [0.2, 0.25) is 10.0 Å². The fourth-order valence-electron chi connectivity index (χ4n) is 1.99. The van der Waals surface area contributed by atoms with Gasteiger partial charge in [-0.05, 0) is 31.0 Å². The van der Waals surface area contributed by atoms with Gasteiger partial charge in [-0.25, -0.2) is 8.42 Å². The summed E-state index contributed by atoms with van der Waals surface area (Å²) >= 11 is 1.62. The van der Waals surface area contributed by atoms with Crippen LogP contribution in [-0.2, 0) is 10.0 Å². The van der Waals surface area contributed by atoms with Crippen LogP contribution in [0.4, 0.5) is 5.69 Å². The van der Waals surface area contributed by atoms with Gasteiger partial charge in [0.25, 0.3) is 0 Å².